The van der Waals surface area contributed by atoms with E-state index >= 15 is 0 Å². The van der Waals surface area contributed by atoms with E-state index in [1.165, 1.54) is 16.5 Å². The SMILES string of the molecule is O=C1N(c2cccc(C(F)(F)F)c2)CCN1C1CCCN(Cc2ccccc2)C1. The molecule has 4 nitrogen and oxygen atoms in total. The van der Waals surface area contributed by atoms with Crippen molar-refractivity contribution in [3.63, 3.8) is 0 Å². The molecule has 2 aliphatic heterocycles. The molecule has 2 aromatic carbocycles. The van der Waals surface area contributed by atoms with Crippen LogP contribution < -0.4 is 4.90 Å². The molecule has 4 rings (SSSR count). The van der Waals surface area contributed by atoms with Crippen molar-refractivity contribution in [2.45, 2.75) is 31.6 Å². The van der Waals surface area contributed by atoms with Gasteiger partial charge >= 0.3 is 12.2 Å². The number of hydrogen-bond donors (Lipinski definition) is 0. The van der Waals surface area contributed by atoms with Crippen molar-refractivity contribution in [3.05, 3.63) is 65.7 Å². The lowest BCUT2D eigenvalue weighted by atomic mass is 10.0. The lowest BCUT2D eigenvalue weighted by Gasteiger charge is -2.37. The third-order valence-corrected chi connectivity index (χ3v) is 5.70. The summed E-state index contributed by atoms with van der Waals surface area (Å²) in [5.41, 5.74) is 0.823. The Morgan fingerprint density at radius 2 is 1.76 bits per heavy atom. The number of alkyl halides is 3. The molecule has 0 radical (unpaired) electrons. The third kappa shape index (κ3) is 4.40. The van der Waals surface area contributed by atoms with Gasteiger partial charge in [-0.05, 0) is 43.1 Å². The van der Waals surface area contributed by atoms with Crippen LogP contribution in [0.4, 0.5) is 23.7 Å². The van der Waals surface area contributed by atoms with Crippen molar-refractivity contribution in [2.24, 2.45) is 0 Å². The number of nitrogens with zero attached hydrogens (tertiary/aromatic N) is 3. The fourth-order valence-corrected chi connectivity index (χ4v) is 4.25. The number of halogens is 3. The largest absolute Gasteiger partial charge is 0.416 e. The molecule has 154 valence electrons. The van der Waals surface area contributed by atoms with Crippen LogP contribution in [0.25, 0.3) is 0 Å². The molecule has 29 heavy (non-hydrogen) atoms. The number of urea groups is 1. The number of piperidine rings is 1. The minimum Gasteiger partial charge on any atom is -0.318 e. The highest BCUT2D eigenvalue weighted by Crippen LogP contribution is 2.33. The third-order valence-electron chi connectivity index (χ3n) is 5.70. The number of likely N-dealkylation sites (tertiary alicyclic amines) is 1. The lowest BCUT2D eigenvalue weighted by molar-refractivity contribution is -0.137. The normalized spacial score (nSPS) is 21.1. The summed E-state index contributed by atoms with van der Waals surface area (Å²) in [4.78, 5) is 18.6. The van der Waals surface area contributed by atoms with Gasteiger partial charge in [0.05, 0.1) is 5.56 Å². The Kier molecular flexibility index (Phi) is 5.50. The monoisotopic (exact) mass is 403 g/mol. The zero-order valence-electron chi connectivity index (χ0n) is 16.1. The van der Waals surface area contributed by atoms with Crippen LogP contribution in [0.1, 0.15) is 24.0 Å². The van der Waals surface area contributed by atoms with Crippen molar-refractivity contribution in [1.82, 2.24) is 9.80 Å². The van der Waals surface area contributed by atoms with Gasteiger partial charge in [0.1, 0.15) is 0 Å². The molecule has 2 amide bonds. The van der Waals surface area contributed by atoms with Gasteiger partial charge in [-0.25, -0.2) is 4.79 Å². The van der Waals surface area contributed by atoms with Crippen LogP contribution in [0.15, 0.2) is 54.6 Å². The van der Waals surface area contributed by atoms with Crippen molar-refractivity contribution in [3.8, 4) is 0 Å². The summed E-state index contributed by atoms with van der Waals surface area (Å²) >= 11 is 0. The quantitative estimate of drug-likeness (QED) is 0.745. The number of amides is 2. The summed E-state index contributed by atoms with van der Waals surface area (Å²) in [5, 5.41) is 0. The molecule has 1 atom stereocenters. The number of rotatable bonds is 4. The molecule has 0 aromatic heterocycles. The van der Waals surface area contributed by atoms with Crippen molar-refractivity contribution in [2.75, 3.05) is 31.1 Å². The van der Waals surface area contributed by atoms with Crippen LogP contribution in [0, 0.1) is 0 Å². The smallest absolute Gasteiger partial charge is 0.318 e. The highest BCUT2D eigenvalue weighted by Gasteiger charge is 2.37. The topological polar surface area (TPSA) is 26.8 Å². The van der Waals surface area contributed by atoms with Gasteiger partial charge in [-0.2, -0.15) is 13.2 Å². The summed E-state index contributed by atoms with van der Waals surface area (Å²) in [7, 11) is 0. The summed E-state index contributed by atoms with van der Waals surface area (Å²) in [5.74, 6) is 0. The van der Waals surface area contributed by atoms with Crippen molar-refractivity contribution in [1.29, 1.82) is 0 Å². The molecule has 2 aliphatic rings. The van der Waals surface area contributed by atoms with E-state index in [0.717, 1.165) is 44.6 Å². The first kappa shape index (κ1) is 19.8. The van der Waals surface area contributed by atoms with Crippen LogP contribution in [-0.4, -0.2) is 48.1 Å². The fraction of sp³-hybridized carbons (Fsp3) is 0.409. The summed E-state index contributed by atoms with van der Waals surface area (Å²) in [6.07, 6.45) is -2.49. The number of carbonyl (C=O) groups is 1. The standard InChI is InChI=1S/C22H24F3N3O/c23-22(24,25)18-8-4-9-19(14-18)27-12-13-28(21(27)29)20-10-5-11-26(16-20)15-17-6-2-1-3-7-17/h1-4,6-9,14,20H,5,10-13,15-16H2. The van der Waals surface area contributed by atoms with Crippen LogP contribution in [0.2, 0.25) is 0 Å². The fourth-order valence-electron chi connectivity index (χ4n) is 4.25. The average molecular weight is 403 g/mol. The Labute approximate surface area is 168 Å². The molecule has 0 N–H and O–H groups in total. The van der Waals surface area contributed by atoms with E-state index in [-0.39, 0.29) is 12.1 Å². The van der Waals surface area contributed by atoms with E-state index in [0.29, 0.717) is 18.8 Å². The zero-order valence-corrected chi connectivity index (χ0v) is 16.1. The summed E-state index contributed by atoms with van der Waals surface area (Å²) < 4.78 is 39.1. The first-order valence-corrected chi connectivity index (χ1v) is 9.93. The Hall–Kier alpha value is -2.54. The molecular formula is C22H24F3N3O. The second-order valence-electron chi connectivity index (χ2n) is 7.69. The predicted octanol–water partition coefficient (Wildman–Crippen LogP) is 4.61. The van der Waals surface area contributed by atoms with Gasteiger partial charge in [-0.15, -0.1) is 0 Å². The summed E-state index contributed by atoms with van der Waals surface area (Å²) in [6.45, 7) is 3.58. The van der Waals surface area contributed by atoms with Crippen LogP contribution in [0.3, 0.4) is 0 Å². The lowest BCUT2D eigenvalue weighted by Crippen LogP contribution is -2.49. The van der Waals surface area contributed by atoms with Gasteiger partial charge in [0.15, 0.2) is 0 Å². The van der Waals surface area contributed by atoms with Gasteiger partial charge in [0.25, 0.3) is 0 Å². The van der Waals surface area contributed by atoms with Crippen LogP contribution in [0.5, 0.6) is 0 Å². The minimum atomic E-state index is -4.42. The predicted molar refractivity (Wildman–Crippen MR) is 106 cm³/mol. The molecule has 2 aromatic rings. The molecule has 0 bridgehead atoms. The second kappa shape index (κ2) is 8.06. The van der Waals surface area contributed by atoms with E-state index in [4.69, 9.17) is 0 Å². The molecule has 0 spiro atoms. The second-order valence-corrected chi connectivity index (χ2v) is 7.69. The Balaban J connectivity index is 1.43. The molecule has 2 fully saturated rings. The van der Waals surface area contributed by atoms with Crippen molar-refractivity contribution < 1.29 is 18.0 Å². The summed E-state index contributed by atoms with van der Waals surface area (Å²) in [6, 6.07) is 15.1. The van der Waals surface area contributed by atoms with E-state index in [2.05, 4.69) is 17.0 Å². The molecular weight excluding hydrogens is 379 g/mol. The van der Waals surface area contributed by atoms with Gasteiger partial charge in [0.2, 0.25) is 0 Å². The molecule has 0 aliphatic carbocycles. The van der Waals surface area contributed by atoms with Crippen LogP contribution in [-0.2, 0) is 12.7 Å². The zero-order chi connectivity index (χ0) is 20.4. The number of anilines is 1. The highest BCUT2D eigenvalue weighted by molar-refractivity contribution is 5.94. The van der Waals surface area contributed by atoms with E-state index in [9.17, 15) is 18.0 Å². The highest BCUT2D eigenvalue weighted by atomic mass is 19.4. The van der Waals surface area contributed by atoms with Crippen LogP contribution >= 0.6 is 0 Å². The molecule has 7 heteroatoms. The Bertz CT molecular complexity index is 856. The molecule has 2 heterocycles. The maximum Gasteiger partial charge on any atom is 0.416 e. The van der Waals surface area contributed by atoms with E-state index in [1.54, 1.807) is 6.07 Å². The van der Waals surface area contributed by atoms with Gasteiger partial charge < -0.3 is 4.90 Å². The first-order chi connectivity index (χ1) is 13.9. The maximum atomic E-state index is 13.0. The first-order valence-electron chi connectivity index (χ1n) is 9.93. The average Bonchev–Trinajstić information content (AvgIpc) is 3.10. The molecule has 0 saturated carbocycles. The molecule has 2 saturated heterocycles. The van der Waals surface area contributed by atoms with Gasteiger partial charge in [-0.3, -0.25) is 9.80 Å². The van der Waals surface area contributed by atoms with Crippen molar-refractivity contribution >= 4 is 11.7 Å². The Morgan fingerprint density at radius 1 is 0.966 bits per heavy atom. The van der Waals surface area contributed by atoms with Gasteiger partial charge in [-0.1, -0.05) is 36.4 Å². The van der Waals surface area contributed by atoms with Gasteiger partial charge in [0, 0.05) is 37.9 Å². The number of benzene rings is 2. The van der Waals surface area contributed by atoms with E-state index in [1.807, 2.05) is 23.1 Å². The minimum absolute atomic E-state index is 0.0933. The number of hydrogen-bond acceptors (Lipinski definition) is 2. The molecule has 1 unspecified atom stereocenters. The number of carbonyl (C=O) groups excluding carboxylic acids is 1. The Morgan fingerprint density at radius 3 is 2.52 bits per heavy atom. The van der Waals surface area contributed by atoms with E-state index < -0.39 is 11.7 Å². The maximum absolute atomic E-state index is 13.0.